The van der Waals surface area contributed by atoms with Crippen LogP contribution in [0.1, 0.15) is 21.5 Å². The molecule has 0 saturated heterocycles. The maximum absolute atomic E-state index is 14.5. The summed E-state index contributed by atoms with van der Waals surface area (Å²) < 4.78 is 20.0. The Morgan fingerprint density at radius 1 is 1.00 bits per heavy atom. The molecule has 4 rings (SSSR count). The zero-order valence-electron chi connectivity index (χ0n) is 17.0. The van der Waals surface area contributed by atoms with Crippen molar-refractivity contribution in [2.45, 2.75) is 6.54 Å². The lowest BCUT2D eigenvalue weighted by atomic mass is 9.95. The molecule has 0 atom stereocenters. The van der Waals surface area contributed by atoms with E-state index in [9.17, 15) is 14.4 Å². The summed E-state index contributed by atoms with van der Waals surface area (Å²) in [6.07, 6.45) is 3.10. The zero-order chi connectivity index (χ0) is 22.3. The summed E-state index contributed by atoms with van der Waals surface area (Å²) >= 11 is 0. The van der Waals surface area contributed by atoms with Crippen molar-refractivity contribution in [3.63, 3.8) is 0 Å². The Balaban J connectivity index is 1.49. The largest absolute Gasteiger partial charge is 0.453 e. The molecule has 0 aliphatic heterocycles. The molecule has 0 fully saturated rings. The van der Waals surface area contributed by atoms with Crippen LogP contribution in [0.15, 0.2) is 91.3 Å². The molecule has 4 aromatic rings. The van der Waals surface area contributed by atoms with E-state index >= 15 is 0 Å². The molecule has 0 bridgehead atoms. The third kappa shape index (κ3) is 4.63. The smallest absolute Gasteiger partial charge is 0.252 e. The van der Waals surface area contributed by atoms with Crippen molar-refractivity contribution < 1.29 is 13.9 Å². The normalized spacial score (nSPS) is 10.2. The first-order valence-corrected chi connectivity index (χ1v) is 9.89. The number of nitrogens with one attached hydrogen (secondary N) is 1. The highest BCUT2D eigenvalue weighted by molar-refractivity contribution is 6.01. The molecular formula is C26H18FN3O2. The Morgan fingerprint density at radius 3 is 2.53 bits per heavy atom. The van der Waals surface area contributed by atoms with Gasteiger partial charge in [0.05, 0.1) is 17.8 Å². The van der Waals surface area contributed by atoms with E-state index in [2.05, 4.69) is 16.4 Å². The Labute approximate surface area is 184 Å². The van der Waals surface area contributed by atoms with E-state index in [4.69, 9.17) is 4.74 Å². The monoisotopic (exact) mass is 423 g/mol. The maximum Gasteiger partial charge on any atom is 0.252 e. The minimum Gasteiger partial charge on any atom is -0.453 e. The van der Waals surface area contributed by atoms with Crippen LogP contribution in [0.2, 0.25) is 0 Å². The van der Waals surface area contributed by atoms with Crippen molar-refractivity contribution >= 4 is 5.91 Å². The van der Waals surface area contributed by atoms with Gasteiger partial charge in [-0.3, -0.25) is 9.78 Å². The Kier molecular flexibility index (Phi) is 6.19. The number of carbonyl (C=O) groups excluding carboxylic acids is 1. The van der Waals surface area contributed by atoms with Crippen molar-refractivity contribution in [2.24, 2.45) is 0 Å². The first kappa shape index (κ1) is 20.8. The highest BCUT2D eigenvalue weighted by Crippen LogP contribution is 2.27. The number of pyridine rings is 1. The molecule has 0 aliphatic carbocycles. The number of benzene rings is 3. The fraction of sp³-hybridized carbons (Fsp3) is 0.0385. The van der Waals surface area contributed by atoms with Crippen LogP contribution in [-0.2, 0) is 6.54 Å². The van der Waals surface area contributed by atoms with Crippen molar-refractivity contribution in [1.29, 1.82) is 5.26 Å². The van der Waals surface area contributed by atoms with Gasteiger partial charge in [0.1, 0.15) is 5.75 Å². The lowest BCUT2D eigenvalue weighted by Gasteiger charge is -2.12. The molecule has 156 valence electrons. The van der Waals surface area contributed by atoms with Gasteiger partial charge in [-0.1, -0.05) is 42.5 Å². The van der Waals surface area contributed by atoms with E-state index in [0.717, 1.165) is 0 Å². The van der Waals surface area contributed by atoms with Crippen molar-refractivity contribution in [1.82, 2.24) is 10.3 Å². The van der Waals surface area contributed by atoms with Gasteiger partial charge in [-0.15, -0.1) is 0 Å². The van der Waals surface area contributed by atoms with Crippen LogP contribution in [0.25, 0.3) is 11.1 Å². The number of ether oxygens (including phenoxy) is 1. The van der Waals surface area contributed by atoms with Crippen LogP contribution < -0.4 is 10.1 Å². The van der Waals surface area contributed by atoms with Gasteiger partial charge in [0, 0.05) is 23.9 Å². The number of carbonyl (C=O) groups is 1. The summed E-state index contributed by atoms with van der Waals surface area (Å²) in [4.78, 5) is 16.8. The number of hydrogen-bond donors (Lipinski definition) is 1. The quantitative estimate of drug-likeness (QED) is 0.445. The molecule has 0 spiro atoms. The molecular weight excluding hydrogens is 405 g/mol. The van der Waals surface area contributed by atoms with E-state index in [1.807, 2.05) is 12.1 Å². The SMILES string of the molecule is N#Cc1ccccc1-c1ccccc1C(=O)NCc1ccc(Oc2cccnc2)c(F)c1. The van der Waals surface area contributed by atoms with E-state index < -0.39 is 5.82 Å². The van der Waals surface area contributed by atoms with E-state index in [1.54, 1.807) is 60.8 Å². The second-order valence-electron chi connectivity index (χ2n) is 6.94. The summed E-state index contributed by atoms with van der Waals surface area (Å²) in [5, 5.41) is 12.2. The maximum atomic E-state index is 14.5. The Hall–Kier alpha value is -4.50. The first-order valence-electron chi connectivity index (χ1n) is 9.89. The molecule has 3 aromatic carbocycles. The fourth-order valence-electron chi connectivity index (χ4n) is 3.28. The van der Waals surface area contributed by atoms with Gasteiger partial charge in [0.2, 0.25) is 0 Å². The summed E-state index contributed by atoms with van der Waals surface area (Å²) in [6.45, 7) is 0.136. The second kappa shape index (κ2) is 9.54. The predicted octanol–water partition coefficient (Wildman–Crippen LogP) is 5.48. The lowest BCUT2D eigenvalue weighted by Crippen LogP contribution is -2.23. The molecule has 32 heavy (non-hydrogen) atoms. The molecule has 1 aromatic heterocycles. The summed E-state index contributed by atoms with van der Waals surface area (Å²) in [6, 6.07) is 24.3. The van der Waals surface area contributed by atoms with Gasteiger partial charge >= 0.3 is 0 Å². The lowest BCUT2D eigenvalue weighted by molar-refractivity contribution is 0.0951. The third-order valence-electron chi connectivity index (χ3n) is 4.82. The Bertz CT molecular complexity index is 1300. The highest BCUT2D eigenvalue weighted by Gasteiger charge is 2.15. The fourth-order valence-corrected chi connectivity index (χ4v) is 3.28. The number of hydrogen-bond acceptors (Lipinski definition) is 4. The van der Waals surface area contributed by atoms with Gasteiger partial charge in [-0.2, -0.15) is 5.26 Å². The molecule has 1 amide bonds. The predicted molar refractivity (Wildman–Crippen MR) is 118 cm³/mol. The van der Waals surface area contributed by atoms with Crippen LogP contribution in [0.3, 0.4) is 0 Å². The van der Waals surface area contributed by atoms with Crippen LogP contribution in [0, 0.1) is 17.1 Å². The first-order chi connectivity index (χ1) is 15.7. The third-order valence-corrected chi connectivity index (χ3v) is 4.82. The molecule has 0 aliphatic rings. The molecule has 1 heterocycles. The summed E-state index contributed by atoms with van der Waals surface area (Å²) in [5.74, 6) is -0.346. The van der Waals surface area contributed by atoms with E-state index in [0.29, 0.717) is 33.6 Å². The summed E-state index contributed by atoms with van der Waals surface area (Å²) in [7, 11) is 0. The number of nitrogens with zero attached hydrogens (tertiary/aromatic N) is 2. The van der Waals surface area contributed by atoms with Gasteiger partial charge in [-0.25, -0.2) is 4.39 Å². The number of amides is 1. The molecule has 0 radical (unpaired) electrons. The van der Waals surface area contributed by atoms with Crippen molar-refractivity contribution in [3.8, 4) is 28.7 Å². The highest BCUT2D eigenvalue weighted by atomic mass is 19.1. The molecule has 0 unspecified atom stereocenters. The molecule has 5 nitrogen and oxygen atoms in total. The molecule has 0 saturated carbocycles. The number of halogens is 1. The number of aromatic nitrogens is 1. The Morgan fingerprint density at radius 2 is 1.78 bits per heavy atom. The number of nitriles is 1. The minimum atomic E-state index is -0.538. The summed E-state index contributed by atoms with van der Waals surface area (Å²) in [5.41, 5.74) is 2.85. The van der Waals surface area contributed by atoms with E-state index in [-0.39, 0.29) is 18.2 Å². The van der Waals surface area contributed by atoms with E-state index in [1.165, 1.54) is 18.3 Å². The average molecular weight is 423 g/mol. The van der Waals surface area contributed by atoms with Gasteiger partial charge < -0.3 is 10.1 Å². The van der Waals surface area contributed by atoms with Crippen molar-refractivity contribution in [2.75, 3.05) is 0 Å². The van der Waals surface area contributed by atoms with Gasteiger partial charge in [-0.05, 0) is 47.5 Å². The average Bonchev–Trinajstić information content (AvgIpc) is 2.84. The second-order valence-corrected chi connectivity index (χ2v) is 6.94. The van der Waals surface area contributed by atoms with Gasteiger partial charge in [0.25, 0.3) is 5.91 Å². The number of rotatable bonds is 6. The topological polar surface area (TPSA) is 75.0 Å². The van der Waals surface area contributed by atoms with Crippen molar-refractivity contribution in [3.05, 3.63) is 114 Å². The van der Waals surface area contributed by atoms with Crippen LogP contribution in [0.5, 0.6) is 11.5 Å². The van der Waals surface area contributed by atoms with Crippen LogP contribution in [-0.4, -0.2) is 10.9 Å². The van der Waals surface area contributed by atoms with Crippen LogP contribution in [0.4, 0.5) is 4.39 Å². The minimum absolute atomic E-state index is 0.0755. The van der Waals surface area contributed by atoms with Gasteiger partial charge in [0.15, 0.2) is 11.6 Å². The molecule has 1 N–H and O–H groups in total. The van der Waals surface area contributed by atoms with Crippen LogP contribution >= 0.6 is 0 Å². The zero-order valence-corrected chi connectivity index (χ0v) is 17.0. The standard InChI is InChI=1S/C26H18FN3O2/c27-24-14-18(11-12-25(24)32-20-7-5-13-29-17-20)16-30-26(31)23-10-4-3-9-22(23)21-8-2-1-6-19(21)15-28/h1-14,17H,16H2,(H,30,31). The molecule has 6 heteroatoms.